The molecule has 0 unspecified atom stereocenters. The van der Waals surface area contributed by atoms with Crippen molar-refractivity contribution in [3.63, 3.8) is 0 Å². The first kappa shape index (κ1) is 19.1. The summed E-state index contributed by atoms with van der Waals surface area (Å²) in [5.41, 5.74) is 4.99. The predicted molar refractivity (Wildman–Crippen MR) is 115 cm³/mol. The van der Waals surface area contributed by atoms with Crippen LogP contribution in [0.2, 0.25) is 0 Å². The number of rotatable bonds is 2. The van der Waals surface area contributed by atoms with Gasteiger partial charge >= 0.3 is 5.97 Å². The molecule has 6 atom stereocenters. The van der Waals surface area contributed by atoms with Crippen LogP contribution < -0.4 is 0 Å². The maximum absolute atomic E-state index is 11.4. The largest absolute Gasteiger partial charge is 0.462 e. The summed E-state index contributed by atoms with van der Waals surface area (Å²) in [6, 6.07) is 4.30. The van der Waals surface area contributed by atoms with Crippen molar-refractivity contribution >= 4 is 11.5 Å². The Hall–Kier alpha value is -1.90. The monoisotopic (exact) mass is 391 g/mol. The van der Waals surface area contributed by atoms with E-state index in [2.05, 4.69) is 43.1 Å². The lowest BCUT2D eigenvalue weighted by Crippen LogP contribution is -2.50. The molecule has 5 rings (SSSR count). The highest BCUT2D eigenvalue weighted by atomic mass is 16.5. The van der Waals surface area contributed by atoms with Crippen LogP contribution in [0.4, 0.5) is 0 Å². The minimum absolute atomic E-state index is 0.0857. The smallest absolute Gasteiger partial charge is 0.302 e. The Labute approximate surface area is 174 Å². The SMILES string of the molecule is CC(=O)O[C@H]1CC[C@@]2(C)C(=CC[C@H]3[C@@H]2CC[C@]2(C)C(c4cccnc4)=CC[C@@H]32)C1. The quantitative estimate of drug-likeness (QED) is 0.460. The number of aromatic nitrogens is 1. The van der Waals surface area contributed by atoms with Crippen LogP contribution in [0.5, 0.6) is 0 Å². The van der Waals surface area contributed by atoms with Gasteiger partial charge in [-0.1, -0.05) is 37.6 Å². The highest BCUT2D eigenvalue weighted by Gasteiger charge is 2.56. The Balaban J connectivity index is 1.41. The van der Waals surface area contributed by atoms with Crippen molar-refractivity contribution in [2.45, 2.75) is 71.8 Å². The van der Waals surface area contributed by atoms with Gasteiger partial charge in [0, 0.05) is 25.7 Å². The van der Waals surface area contributed by atoms with Gasteiger partial charge in [-0.05, 0) is 84.3 Å². The molecule has 0 aromatic carbocycles. The molecule has 29 heavy (non-hydrogen) atoms. The van der Waals surface area contributed by atoms with Gasteiger partial charge in [-0.15, -0.1) is 0 Å². The number of carbonyl (C=O) groups is 1. The van der Waals surface area contributed by atoms with Crippen LogP contribution in [0.25, 0.3) is 5.57 Å². The topological polar surface area (TPSA) is 39.2 Å². The summed E-state index contributed by atoms with van der Waals surface area (Å²) < 4.78 is 5.58. The third kappa shape index (κ3) is 2.92. The Morgan fingerprint density at radius 3 is 2.69 bits per heavy atom. The molecule has 1 heterocycles. The molecule has 154 valence electrons. The molecule has 0 amide bonds. The molecular formula is C26H33NO2. The van der Waals surface area contributed by atoms with E-state index in [1.807, 2.05) is 12.4 Å². The number of allylic oxidation sites excluding steroid dienone is 3. The molecule has 1 aromatic rings. The van der Waals surface area contributed by atoms with E-state index in [0.29, 0.717) is 0 Å². The van der Waals surface area contributed by atoms with E-state index in [1.165, 1.54) is 43.7 Å². The van der Waals surface area contributed by atoms with E-state index in [0.717, 1.165) is 37.0 Å². The Bertz CT molecular complexity index is 872. The van der Waals surface area contributed by atoms with Gasteiger partial charge in [0.1, 0.15) is 6.10 Å². The first-order chi connectivity index (χ1) is 13.9. The number of nitrogens with zero attached hydrogens (tertiary/aromatic N) is 1. The number of fused-ring (bicyclic) bond motifs is 5. The molecule has 0 radical (unpaired) electrons. The lowest BCUT2D eigenvalue weighted by Gasteiger charge is -2.57. The van der Waals surface area contributed by atoms with Crippen molar-refractivity contribution < 1.29 is 9.53 Å². The number of carbonyl (C=O) groups excluding carboxylic acids is 1. The van der Waals surface area contributed by atoms with Crippen LogP contribution in [0.3, 0.4) is 0 Å². The van der Waals surface area contributed by atoms with Gasteiger partial charge in [-0.3, -0.25) is 9.78 Å². The number of ether oxygens (including phenoxy) is 1. The second-order valence-electron chi connectivity index (χ2n) is 10.3. The van der Waals surface area contributed by atoms with E-state index < -0.39 is 0 Å². The van der Waals surface area contributed by atoms with Crippen molar-refractivity contribution in [2.24, 2.45) is 28.6 Å². The van der Waals surface area contributed by atoms with E-state index in [1.54, 1.807) is 5.57 Å². The third-order valence-corrected chi connectivity index (χ3v) is 8.94. The maximum atomic E-state index is 11.4. The van der Waals surface area contributed by atoms with Crippen LogP contribution >= 0.6 is 0 Å². The zero-order chi connectivity index (χ0) is 20.2. The van der Waals surface area contributed by atoms with E-state index in [4.69, 9.17) is 4.74 Å². The van der Waals surface area contributed by atoms with Crippen LogP contribution in [-0.4, -0.2) is 17.1 Å². The summed E-state index contributed by atoms with van der Waals surface area (Å²) in [7, 11) is 0. The van der Waals surface area contributed by atoms with Crippen LogP contribution in [0, 0.1) is 28.6 Å². The average Bonchev–Trinajstić information content (AvgIpc) is 3.06. The third-order valence-electron chi connectivity index (χ3n) is 8.94. The Morgan fingerprint density at radius 2 is 1.93 bits per heavy atom. The minimum Gasteiger partial charge on any atom is -0.462 e. The fourth-order valence-corrected chi connectivity index (χ4v) is 7.50. The normalized spacial score (nSPS) is 40.8. The van der Waals surface area contributed by atoms with Gasteiger partial charge in [0.15, 0.2) is 0 Å². The van der Waals surface area contributed by atoms with Crippen LogP contribution in [0.1, 0.15) is 71.3 Å². The number of esters is 1. The maximum Gasteiger partial charge on any atom is 0.302 e. The summed E-state index contributed by atoms with van der Waals surface area (Å²) >= 11 is 0. The van der Waals surface area contributed by atoms with E-state index in [-0.39, 0.29) is 22.9 Å². The fourth-order valence-electron chi connectivity index (χ4n) is 7.50. The number of pyridine rings is 1. The first-order valence-electron chi connectivity index (χ1n) is 11.4. The number of hydrogen-bond acceptors (Lipinski definition) is 3. The highest BCUT2D eigenvalue weighted by Crippen LogP contribution is 2.66. The molecule has 4 aliphatic rings. The molecule has 0 saturated heterocycles. The Kier molecular flexibility index (Phi) is 4.49. The minimum atomic E-state index is -0.138. The molecular weight excluding hydrogens is 358 g/mol. The first-order valence-corrected chi connectivity index (χ1v) is 11.4. The summed E-state index contributed by atoms with van der Waals surface area (Å²) in [4.78, 5) is 15.8. The van der Waals surface area contributed by atoms with Crippen LogP contribution in [0.15, 0.2) is 42.3 Å². The van der Waals surface area contributed by atoms with Gasteiger partial charge in [-0.2, -0.15) is 0 Å². The van der Waals surface area contributed by atoms with Crippen molar-refractivity contribution in [3.05, 3.63) is 47.8 Å². The van der Waals surface area contributed by atoms with E-state index >= 15 is 0 Å². The van der Waals surface area contributed by atoms with Gasteiger partial charge in [-0.25, -0.2) is 0 Å². The van der Waals surface area contributed by atoms with Gasteiger partial charge in [0.05, 0.1) is 0 Å². The summed E-state index contributed by atoms with van der Waals surface area (Å²) in [5, 5.41) is 0. The number of hydrogen-bond donors (Lipinski definition) is 0. The van der Waals surface area contributed by atoms with E-state index in [9.17, 15) is 4.79 Å². The van der Waals surface area contributed by atoms with Crippen molar-refractivity contribution in [3.8, 4) is 0 Å². The molecule has 2 saturated carbocycles. The fraction of sp³-hybridized carbons (Fsp3) is 0.615. The van der Waals surface area contributed by atoms with Crippen molar-refractivity contribution in [2.75, 3.05) is 0 Å². The lowest BCUT2D eigenvalue weighted by atomic mass is 9.47. The molecule has 0 spiro atoms. The van der Waals surface area contributed by atoms with Gasteiger partial charge in [0.2, 0.25) is 0 Å². The summed E-state index contributed by atoms with van der Waals surface area (Å²) in [6.45, 7) is 6.56. The molecule has 0 aliphatic heterocycles. The molecule has 0 N–H and O–H groups in total. The van der Waals surface area contributed by atoms with Crippen molar-refractivity contribution in [1.82, 2.24) is 4.98 Å². The molecule has 2 fully saturated rings. The lowest BCUT2D eigenvalue weighted by molar-refractivity contribution is -0.148. The zero-order valence-corrected chi connectivity index (χ0v) is 18.0. The predicted octanol–water partition coefficient (Wildman–Crippen LogP) is 5.97. The van der Waals surface area contributed by atoms with Gasteiger partial charge < -0.3 is 4.74 Å². The molecule has 3 heteroatoms. The summed E-state index contributed by atoms with van der Waals surface area (Å²) in [5.74, 6) is 2.12. The second kappa shape index (κ2) is 6.82. The molecule has 3 nitrogen and oxygen atoms in total. The Morgan fingerprint density at radius 1 is 1.10 bits per heavy atom. The zero-order valence-electron chi connectivity index (χ0n) is 18.0. The standard InChI is InChI=1S/C26H33NO2/c1-17(28)29-20-10-12-25(2)19(15-20)6-7-21-23-9-8-22(18-5-4-14-27-16-18)26(23,3)13-11-24(21)25/h4-6,8,14,16,20-21,23-24H,7,9-13,15H2,1-3H3/t20-,21+,23-,24-,25-,26+/m0/s1. The molecule has 0 bridgehead atoms. The van der Waals surface area contributed by atoms with Crippen molar-refractivity contribution in [1.29, 1.82) is 0 Å². The van der Waals surface area contributed by atoms with Crippen LogP contribution in [-0.2, 0) is 9.53 Å². The van der Waals surface area contributed by atoms with Gasteiger partial charge in [0.25, 0.3) is 0 Å². The highest BCUT2D eigenvalue weighted by molar-refractivity contribution is 5.72. The average molecular weight is 392 g/mol. The molecule has 1 aromatic heterocycles. The summed E-state index contributed by atoms with van der Waals surface area (Å²) in [6.07, 6.45) is 17.1. The molecule has 4 aliphatic carbocycles. The second-order valence-corrected chi connectivity index (χ2v) is 10.3.